The van der Waals surface area contributed by atoms with Gasteiger partial charge in [0.1, 0.15) is 0 Å². The first-order valence-electron chi connectivity index (χ1n) is 4.92. The zero-order valence-corrected chi connectivity index (χ0v) is 10.6. The fourth-order valence-corrected chi connectivity index (χ4v) is 1.96. The van der Waals surface area contributed by atoms with Crippen LogP contribution in [0.2, 0.25) is 10.0 Å². The molecule has 0 aliphatic carbocycles. The lowest BCUT2D eigenvalue weighted by molar-refractivity contribution is 0.0996. The molecule has 8 heteroatoms. The van der Waals surface area contributed by atoms with E-state index in [9.17, 15) is 4.79 Å². The number of carbonyl (C=O) groups is 1. The fraction of sp³-hybridized carbons (Fsp3) is 0.100. The average molecular weight is 286 g/mol. The molecule has 0 saturated carbocycles. The normalized spacial score (nSPS) is 10.6. The van der Waals surface area contributed by atoms with Gasteiger partial charge < -0.3 is 11.5 Å². The largest absolute Gasteiger partial charge is 0.382 e. The van der Waals surface area contributed by atoms with E-state index in [4.69, 9.17) is 34.7 Å². The maximum atomic E-state index is 11.0. The number of nitrogens with two attached hydrogens (primary N) is 2. The highest BCUT2D eigenvalue weighted by Gasteiger charge is 2.16. The van der Waals surface area contributed by atoms with Crippen molar-refractivity contribution in [2.45, 2.75) is 6.54 Å². The second kappa shape index (κ2) is 4.83. The zero-order chi connectivity index (χ0) is 13.3. The van der Waals surface area contributed by atoms with E-state index in [0.717, 1.165) is 0 Å². The highest BCUT2D eigenvalue weighted by Crippen LogP contribution is 2.25. The molecule has 0 aliphatic rings. The van der Waals surface area contributed by atoms with Gasteiger partial charge in [-0.2, -0.15) is 0 Å². The van der Waals surface area contributed by atoms with Gasteiger partial charge in [-0.05, 0) is 12.1 Å². The highest BCUT2D eigenvalue weighted by molar-refractivity contribution is 6.35. The van der Waals surface area contributed by atoms with Gasteiger partial charge in [-0.3, -0.25) is 4.79 Å². The lowest BCUT2D eigenvalue weighted by Crippen LogP contribution is -2.15. The maximum Gasteiger partial charge on any atom is 0.273 e. The molecule has 4 N–H and O–H groups in total. The summed E-state index contributed by atoms with van der Waals surface area (Å²) in [6.45, 7) is 0.213. The summed E-state index contributed by atoms with van der Waals surface area (Å²) in [5.74, 6) is -0.650. The zero-order valence-electron chi connectivity index (χ0n) is 9.10. The molecule has 0 spiro atoms. The molecular formula is C10H9Cl2N5O. The average Bonchev–Trinajstić information content (AvgIpc) is 2.66. The van der Waals surface area contributed by atoms with E-state index in [1.165, 1.54) is 4.68 Å². The summed E-state index contributed by atoms with van der Waals surface area (Å²) in [5.41, 5.74) is 11.4. The fourth-order valence-electron chi connectivity index (χ4n) is 1.45. The van der Waals surface area contributed by atoms with Gasteiger partial charge in [0.25, 0.3) is 5.91 Å². The number of hydrogen-bond acceptors (Lipinski definition) is 4. The Labute approximate surface area is 112 Å². The van der Waals surface area contributed by atoms with Crippen LogP contribution in [0, 0.1) is 0 Å². The van der Waals surface area contributed by atoms with Crippen molar-refractivity contribution < 1.29 is 4.79 Å². The lowest BCUT2D eigenvalue weighted by atomic mass is 10.2. The molecule has 2 rings (SSSR count). The molecule has 18 heavy (non-hydrogen) atoms. The van der Waals surface area contributed by atoms with Crippen LogP contribution in [0.3, 0.4) is 0 Å². The third-order valence-electron chi connectivity index (χ3n) is 2.38. The Morgan fingerprint density at radius 2 is 1.94 bits per heavy atom. The minimum atomic E-state index is -0.732. The molecule has 0 radical (unpaired) electrons. The number of halogens is 2. The molecule has 6 nitrogen and oxygen atoms in total. The van der Waals surface area contributed by atoms with Gasteiger partial charge in [0.2, 0.25) is 0 Å². The number of amides is 1. The summed E-state index contributed by atoms with van der Waals surface area (Å²) in [4.78, 5) is 11.0. The number of aromatic nitrogens is 3. The van der Waals surface area contributed by atoms with Crippen molar-refractivity contribution in [3.05, 3.63) is 39.5 Å². The first kappa shape index (κ1) is 12.7. The molecule has 1 aromatic heterocycles. The molecule has 0 aliphatic heterocycles. The molecule has 94 valence electrons. The molecule has 2 aromatic rings. The predicted octanol–water partition coefficient (Wildman–Crippen LogP) is 1.31. The van der Waals surface area contributed by atoms with Gasteiger partial charge in [0.05, 0.1) is 6.54 Å². The molecule has 0 bridgehead atoms. The van der Waals surface area contributed by atoms with E-state index < -0.39 is 5.91 Å². The highest BCUT2D eigenvalue weighted by atomic mass is 35.5. The quantitative estimate of drug-likeness (QED) is 0.888. The minimum Gasteiger partial charge on any atom is -0.382 e. The Morgan fingerprint density at radius 1 is 1.33 bits per heavy atom. The standard InChI is InChI=1S/C10H9Cl2N5O/c11-6-2-1-3-7(12)5(6)4-17-9(13)8(10(14)18)15-16-17/h1-3H,4,13H2,(H2,14,18). The third-order valence-corrected chi connectivity index (χ3v) is 3.08. The summed E-state index contributed by atoms with van der Waals surface area (Å²) >= 11 is 12.0. The number of primary amides is 1. The third kappa shape index (κ3) is 2.25. The van der Waals surface area contributed by atoms with Crippen molar-refractivity contribution in [2.24, 2.45) is 5.73 Å². The number of carbonyl (C=O) groups excluding carboxylic acids is 1. The first-order chi connectivity index (χ1) is 8.50. The Kier molecular flexibility index (Phi) is 3.40. The van der Waals surface area contributed by atoms with Crippen molar-refractivity contribution in [1.29, 1.82) is 0 Å². The molecular weight excluding hydrogens is 277 g/mol. The molecule has 0 unspecified atom stereocenters. The van der Waals surface area contributed by atoms with Crippen molar-refractivity contribution in [3.8, 4) is 0 Å². The van der Waals surface area contributed by atoms with Crippen LogP contribution in [0.1, 0.15) is 16.1 Å². The molecule has 1 heterocycles. The van der Waals surface area contributed by atoms with Gasteiger partial charge in [-0.25, -0.2) is 4.68 Å². The summed E-state index contributed by atoms with van der Waals surface area (Å²) in [5, 5.41) is 8.30. The Hall–Kier alpha value is -1.79. The molecule has 1 aromatic carbocycles. The summed E-state index contributed by atoms with van der Waals surface area (Å²) in [7, 11) is 0. The van der Waals surface area contributed by atoms with Crippen LogP contribution in [-0.2, 0) is 6.54 Å². The van der Waals surface area contributed by atoms with Crippen LogP contribution >= 0.6 is 23.2 Å². The lowest BCUT2D eigenvalue weighted by Gasteiger charge is -2.07. The van der Waals surface area contributed by atoms with E-state index in [1.807, 2.05) is 0 Å². The van der Waals surface area contributed by atoms with Gasteiger partial charge in [0, 0.05) is 15.6 Å². The van der Waals surface area contributed by atoms with Crippen molar-refractivity contribution in [1.82, 2.24) is 15.0 Å². The monoisotopic (exact) mass is 285 g/mol. The van der Waals surface area contributed by atoms with Crippen LogP contribution in [0.5, 0.6) is 0 Å². The van der Waals surface area contributed by atoms with Crippen LogP contribution in [0.25, 0.3) is 0 Å². The van der Waals surface area contributed by atoms with E-state index in [0.29, 0.717) is 15.6 Å². The Balaban J connectivity index is 2.38. The molecule has 0 atom stereocenters. The number of anilines is 1. The van der Waals surface area contributed by atoms with E-state index in [-0.39, 0.29) is 18.1 Å². The predicted molar refractivity (Wildman–Crippen MR) is 68.5 cm³/mol. The number of hydrogen-bond donors (Lipinski definition) is 2. The topological polar surface area (TPSA) is 99.8 Å². The van der Waals surface area contributed by atoms with Crippen molar-refractivity contribution in [2.75, 3.05) is 5.73 Å². The van der Waals surface area contributed by atoms with E-state index >= 15 is 0 Å². The van der Waals surface area contributed by atoms with Gasteiger partial charge in [-0.1, -0.05) is 34.5 Å². The smallest absolute Gasteiger partial charge is 0.273 e. The SMILES string of the molecule is NC(=O)c1nnn(Cc2c(Cl)cccc2Cl)c1N. The Bertz CT molecular complexity index is 590. The maximum absolute atomic E-state index is 11.0. The van der Waals surface area contributed by atoms with Gasteiger partial charge >= 0.3 is 0 Å². The number of nitrogen functional groups attached to an aromatic ring is 1. The van der Waals surface area contributed by atoms with Crippen LogP contribution in [0.4, 0.5) is 5.82 Å². The van der Waals surface area contributed by atoms with Crippen LogP contribution in [0.15, 0.2) is 18.2 Å². The summed E-state index contributed by atoms with van der Waals surface area (Å²) < 4.78 is 1.31. The van der Waals surface area contributed by atoms with Crippen LogP contribution < -0.4 is 11.5 Å². The Morgan fingerprint density at radius 3 is 2.44 bits per heavy atom. The van der Waals surface area contributed by atoms with Crippen molar-refractivity contribution in [3.63, 3.8) is 0 Å². The molecule has 1 amide bonds. The second-order valence-electron chi connectivity index (χ2n) is 3.55. The molecule has 0 saturated heterocycles. The summed E-state index contributed by atoms with van der Waals surface area (Å²) in [6.07, 6.45) is 0. The second-order valence-corrected chi connectivity index (χ2v) is 4.36. The summed E-state index contributed by atoms with van der Waals surface area (Å²) in [6, 6.07) is 5.13. The van der Waals surface area contributed by atoms with Crippen LogP contribution in [-0.4, -0.2) is 20.9 Å². The number of benzene rings is 1. The van der Waals surface area contributed by atoms with E-state index in [2.05, 4.69) is 10.3 Å². The number of rotatable bonds is 3. The van der Waals surface area contributed by atoms with Crippen molar-refractivity contribution >= 4 is 34.9 Å². The minimum absolute atomic E-state index is 0.0711. The molecule has 0 fully saturated rings. The number of nitrogens with zero attached hydrogens (tertiary/aromatic N) is 3. The van der Waals surface area contributed by atoms with Gasteiger partial charge in [-0.15, -0.1) is 5.10 Å². The first-order valence-corrected chi connectivity index (χ1v) is 5.68. The van der Waals surface area contributed by atoms with E-state index in [1.54, 1.807) is 18.2 Å². The van der Waals surface area contributed by atoms with Gasteiger partial charge in [0.15, 0.2) is 11.5 Å².